The Morgan fingerprint density at radius 3 is 3.07 bits per heavy atom. The van der Waals surface area contributed by atoms with E-state index in [0.29, 0.717) is 19.4 Å². The van der Waals surface area contributed by atoms with Crippen LogP contribution in [0.15, 0.2) is 17.0 Å². The summed E-state index contributed by atoms with van der Waals surface area (Å²) >= 11 is 0. The van der Waals surface area contributed by atoms with Crippen molar-refractivity contribution in [3.8, 4) is 0 Å². The van der Waals surface area contributed by atoms with Gasteiger partial charge in [0.05, 0.1) is 12.1 Å². The molecule has 15 heavy (non-hydrogen) atoms. The number of carboxylic acid groups (broad SMARTS) is 1. The van der Waals surface area contributed by atoms with E-state index in [1.807, 2.05) is 6.92 Å². The number of carboxylic acids is 1. The number of rotatable bonds is 2. The highest BCUT2D eigenvalue weighted by Gasteiger charge is 2.30. The van der Waals surface area contributed by atoms with E-state index in [4.69, 9.17) is 9.52 Å². The Bertz CT molecular complexity index is 336. The molecule has 1 fully saturated rings. The van der Waals surface area contributed by atoms with Crippen LogP contribution in [0.1, 0.15) is 19.8 Å². The van der Waals surface area contributed by atoms with Gasteiger partial charge in [-0.15, -0.1) is 0 Å². The minimum absolute atomic E-state index is 0.188. The van der Waals surface area contributed by atoms with Crippen LogP contribution in [0.5, 0.6) is 0 Å². The van der Waals surface area contributed by atoms with Crippen LogP contribution in [0.2, 0.25) is 0 Å². The molecule has 2 rings (SSSR count). The van der Waals surface area contributed by atoms with Crippen LogP contribution in [0.4, 0.5) is 5.88 Å². The fraction of sp³-hybridized carbons (Fsp3) is 0.600. The molecule has 0 aliphatic carbocycles. The lowest BCUT2D eigenvalue weighted by Crippen LogP contribution is -2.42. The molecule has 1 aromatic rings. The predicted molar refractivity (Wildman–Crippen MR) is 53.7 cm³/mol. The monoisotopic (exact) mass is 210 g/mol. The minimum Gasteiger partial charge on any atom is -0.481 e. The first-order valence-electron chi connectivity index (χ1n) is 5.06. The number of oxazole rings is 1. The summed E-state index contributed by atoms with van der Waals surface area (Å²) in [5, 5.41) is 8.92. The molecule has 5 heteroatoms. The van der Waals surface area contributed by atoms with Crippen molar-refractivity contribution in [1.82, 2.24) is 4.98 Å². The average Bonchev–Trinajstić information content (AvgIpc) is 2.70. The fourth-order valence-corrected chi connectivity index (χ4v) is 2.07. The second kappa shape index (κ2) is 3.92. The van der Waals surface area contributed by atoms with Crippen molar-refractivity contribution in [2.45, 2.75) is 25.8 Å². The van der Waals surface area contributed by atoms with Gasteiger partial charge in [-0.05, 0) is 19.8 Å². The molecule has 5 nitrogen and oxygen atoms in total. The van der Waals surface area contributed by atoms with Crippen LogP contribution in [0.25, 0.3) is 0 Å². The Labute approximate surface area is 87.7 Å². The van der Waals surface area contributed by atoms with E-state index < -0.39 is 5.97 Å². The lowest BCUT2D eigenvalue weighted by molar-refractivity contribution is -0.142. The average molecular weight is 210 g/mol. The van der Waals surface area contributed by atoms with E-state index in [9.17, 15) is 4.79 Å². The Morgan fingerprint density at radius 1 is 1.73 bits per heavy atom. The van der Waals surface area contributed by atoms with Crippen molar-refractivity contribution >= 4 is 11.9 Å². The number of anilines is 1. The van der Waals surface area contributed by atoms with Gasteiger partial charge in [0, 0.05) is 12.6 Å². The van der Waals surface area contributed by atoms with E-state index in [0.717, 1.165) is 5.88 Å². The van der Waals surface area contributed by atoms with Crippen LogP contribution in [-0.4, -0.2) is 28.6 Å². The molecule has 1 aromatic heterocycles. The second-order valence-electron chi connectivity index (χ2n) is 3.94. The van der Waals surface area contributed by atoms with E-state index in [-0.39, 0.29) is 12.0 Å². The molecule has 0 saturated carbocycles. The highest BCUT2D eigenvalue weighted by atomic mass is 16.4. The summed E-state index contributed by atoms with van der Waals surface area (Å²) in [5.74, 6) is -0.190. The topological polar surface area (TPSA) is 66.6 Å². The zero-order valence-electron chi connectivity index (χ0n) is 8.59. The summed E-state index contributed by atoms with van der Waals surface area (Å²) in [5.41, 5.74) is 0. The van der Waals surface area contributed by atoms with Gasteiger partial charge >= 0.3 is 5.97 Å². The van der Waals surface area contributed by atoms with Crippen LogP contribution in [-0.2, 0) is 4.79 Å². The molecule has 1 N–H and O–H groups in total. The Kier molecular flexibility index (Phi) is 2.62. The second-order valence-corrected chi connectivity index (χ2v) is 3.94. The van der Waals surface area contributed by atoms with E-state index in [2.05, 4.69) is 9.88 Å². The number of carbonyl (C=O) groups is 1. The summed E-state index contributed by atoms with van der Waals surface area (Å²) in [4.78, 5) is 16.8. The van der Waals surface area contributed by atoms with Crippen molar-refractivity contribution in [3.63, 3.8) is 0 Å². The largest absolute Gasteiger partial charge is 0.481 e. The SMILES string of the molecule is CC1CC(C(=O)O)CCN1c1cnco1. The maximum atomic E-state index is 10.8. The molecule has 2 unspecified atom stereocenters. The smallest absolute Gasteiger partial charge is 0.306 e. The van der Waals surface area contributed by atoms with Gasteiger partial charge in [0.2, 0.25) is 5.88 Å². The summed E-state index contributed by atoms with van der Waals surface area (Å²) in [7, 11) is 0. The predicted octanol–water partition coefficient (Wildman–Crippen LogP) is 1.36. The maximum absolute atomic E-state index is 10.8. The van der Waals surface area contributed by atoms with E-state index >= 15 is 0 Å². The minimum atomic E-state index is -0.695. The highest BCUT2D eigenvalue weighted by Crippen LogP contribution is 2.27. The molecule has 2 atom stereocenters. The first-order valence-corrected chi connectivity index (χ1v) is 5.06. The molecule has 1 saturated heterocycles. The molecule has 82 valence electrons. The molecule has 0 bridgehead atoms. The van der Waals surface area contributed by atoms with Gasteiger partial charge < -0.3 is 14.4 Å². The van der Waals surface area contributed by atoms with Gasteiger partial charge in [-0.1, -0.05) is 0 Å². The van der Waals surface area contributed by atoms with E-state index in [1.165, 1.54) is 6.39 Å². The van der Waals surface area contributed by atoms with Crippen molar-refractivity contribution in [2.24, 2.45) is 5.92 Å². The highest BCUT2D eigenvalue weighted by molar-refractivity contribution is 5.70. The van der Waals surface area contributed by atoms with Gasteiger partial charge in [0.15, 0.2) is 6.39 Å². The van der Waals surface area contributed by atoms with Gasteiger partial charge in [-0.2, -0.15) is 0 Å². The number of piperidine rings is 1. The maximum Gasteiger partial charge on any atom is 0.306 e. The quantitative estimate of drug-likeness (QED) is 0.798. The van der Waals surface area contributed by atoms with Crippen molar-refractivity contribution in [3.05, 3.63) is 12.6 Å². The Morgan fingerprint density at radius 2 is 2.53 bits per heavy atom. The number of aromatic nitrogens is 1. The summed E-state index contributed by atoms with van der Waals surface area (Å²) in [6, 6.07) is 0.188. The standard InChI is InChI=1S/C10H14N2O3/c1-7-4-8(10(13)14)2-3-12(7)9-5-11-6-15-9/h5-8H,2-4H2,1H3,(H,13,14). The fourth-order valence-electron chi connectivity index (χ4n) is 2.07. The summed E-state index contributed by atoms with van der Waals surface area (Å²) in [6.07, 6.45) is 4.39. The third-order valence-electron chi connectivity index (χ3n) is 2.93. The summed E-state index contributed by atoms with van der Waals surface area (Å²) in [6.45, 7) is 2.73. The lowest BCUT2D eigenvalue weighted by atomic mass is 9.92. The third-order valence-corrected chi connectivity index (χ3v) is 2.93. The van der Waals surface area contributed by atoms with Gasteiger partial charge in [-0.25, -0.2) is 4.98 Å². The Balaban J connectivity index is 2.04. The third kappa shape index (κ3) is 1.95. The number of hydrogen-bond acceptors (Lipinski definition) is 4. The van der Waals surface area contributed by atoms with Gasteiger partial charge in [0.1, 0.15) is 0 Å². The zero-order valence-corrected chi connectivity index (χ0v) is 8.59. The van der Waals surface area contributed by atoms with Crippen molar-refractivity contribution in [1.29, 1.82) is 0 Å². The molecule has 0 spiro atoms. The molecule has 1 aliphatic heterocycles. The van der Waals surface area contributed by atoms with Crippen LogP contribution in [0, 0.1) is 5.92 Å². The normalized spacial score (nSPS) is 26.6. The van der Waals surface area contributed by atoms with Gasteiger partial charge in [0.25, 0.3) is 0 Å². The van der Waals surface area contributed by atoms with Crippen molar-refractivity contribution in [2.75, 3.05) is 11.4 Å². The number of hydrogen-bond donors (Lipinski definition) is 1. The molecule has 1 aliphatic rings. The molecule has 0 radical (unpaired) electrons. The lowest BCUT2D eigenvalue weighted by Gasteiger charge is -2.35. The van der Waals surface area contributed by atoms with Crippen LogP contribution >= 0.6 is 0 Å². The zero-order chi connectivity index (χ0) is 10.8. The first-order chi connectivity index (χ1) is 7.18. The van der Waals surface area contributed by atoms with E-state index in [1.54, 1.807) is 6.20 Å². The number of aliphatic carboxylic acids is 1. The van der Waals surface area contributed by atoms with Gasteiger partial charge in [-0.3, -0.25) is 4.79 Å². The molecule has 0 aromatic carbocycles. The molecular formula is C10H14N2O3. The van der Waals surface area contributed by atoms with Crippen molar-refractivity contribution < 1.29 is 14.3 Å². The van der Waals surface area contributed by atoms with Crippen LogP contribution < -0.4 is 4.90 Å². The summed E-state index contributed by atoms with van der Waals surface area (Å²) < 4.78 is 5.21. The molecule has 0 amide bonds. The molecule has 2 heterocycles. The number of nitrogens with zero attached hydrogens (tertiary/aromatic N) is 2. The Hall–Kier alpha value is -1.52. The molecular weight excluding hydrogens is 196 g/mol. The van der Waals surface area contributed by atoms with Crippen LogP contribution in [0.3, 0.4) is 0 Å². The first kappa shape index (κ1) is 10.0.